The molecular formula is C21H19N3O3S. The van der Waals surface area contributed by atoms with Gasteiger partial charge in [0.25, 0.3) is 0 Å². The second-order valence-corrected chi connectivity index (χ2v) is 8.01. The maximum atomic E-state index is 11.5. The average molecular weight is 393 g/mol. The van der Waals surface area contributed by atoms with Gasteiger partial charge < -0.3 is 9.30 Å². The van der Waals surface area contributed by atoms with Gasteiger partial charge in [0.1, 0.15) is 0 Å². The van der Waals surface area contributed by atoms with E-state index in [0.717, 1.165) is 27.6 Å². The van der Waals surface area contributed by atoms with Crippen LogP contribution in [0.5, 0.6) is 5.88 Å². The number of nitrogens with two attached hydrogens (primary N) is 1. The van der Waals surface area contributed by atoms with E-state index in [-0.39, 0.29) is 4.90 Å². The highest BCUT2D eigenvalue weighted by atomic mass is 32.2. The van der Waals surface area contributed by atoms with E-state index in [1.165, 1.54) is 12.1 Å². The van der Waals surface area contributed by atoms with Gasteiger partial charge in [-0.25, -0.2) is 18.5 Å². The zero-order valence-electron chi connectivity index (χ0n) is 15.2. The summed E-state index contributed by atoms with van der Waals surface area (Å²) in [5, 5.41) is 6.18. The second kappa shape index (κ2) is 7.10. The molecule has 0 spiro atoms. The Morgan fingerprint density at radius 2 is 1.75 bits per heavy atom. The normalized spacial score (nSPS) is 11.6. The highest BCUT2D eigenvalue weighted by molar-refractivity contribution is 7.89. The summed E-state index contributed by atoms with van der Waals surface area (Å²) in [6.45, 7) is 0.571. The first-order valence-corrected chi connectivity index (χ1v) is 10.2. The van der Waals surface area contributed by atoms with Crippen molar-refractivity contribution in [3.05, 3.63) is 78.6 Å². The SMILES string of the molecule is COc1ncc2ccn(Cc3ccc(S(N)(=O)=O)cc3)c2c1-c1ccccc1. The minimum atomic E-state index is -3.70. The third-order valence-corrected chi connectivity index (χ3v) is 5.56. The van der Waals surface area contributed by atoms with E-state index in [0.29, 0.717) is 12.4 Å². The zero-order valence-corrected chi connectivity index (χ0v) is 16.1. The molecule has 0 amide bonds. The molecular weight excluding hydrogens is 374 g/mol. The van der Waals surface area contributed by atoms with Crippen LogP contribution in [0, 0.1) is 0 Å². The van der Waals surface area contributed by atoms with Gasteiger partial charge in [0.2, 0.25) is 15.9 Å². The van der Waals surface area contributed by atoms with E-state index in [4.69, 9.17) is 9.88 Å². The van der Waals surface area contributed by atoms with Crippen molar-refractivity contribution in [3.8, 4) is 17.0 Å². The van der Waals surface area contributed by atoms with Crippen molar-refractivity contribution >= 4 is 20.9 Å². The Kier molecular flexibility index (Phi) is 4.62. The van der Waals surface area contributed by atoms with Crippen molar-refractivity contribution in [1.29, 1.82) is 0 Å². The van der Waals surface area contributed by atoms with Crippen LogP contribution >= 0.6 is 0 Å². The van der Waals surface area contributed by atoms with Crippen LogP contribution in [0.2, 0.25) is 0 Å². The maximum Gasteiger partial charge on any atom is 0.238 e. The van der Waals surface area contributed by atoms with Crippen LogP contribution < -0.4 is 9.88 Å². The number of hydrogen-bond donors (Lipinski definition) is 1. The lowest BCUT2D eigenvalue weighted by molar-refractivity contribution is 0.400. The van der Waals surface area contributed by atoms with Gasteiger partial charge in [-0.1, -0.05) is 42.5 Å². The number of benzene rings is 2. The number of ether oxygens (including phenoxy) is 1. The smallest absolute Gasteiger partial charge is 0.238 e. The first-order valence-electron chi connectivity index (χ1n) is 8.66. The molecule has 0 bridgehead atoms. The van der Waals surface area contributed by atoms with Gasteiger partial charge >= 0.3 is 0 Å². The number of rotatable bonds is 5. The molecule has 28 heavy (non-hydrogen) atoms. The molecule has 0 aliphatic carbocycles. The number of aromatic nitrogens is 2. The molecule has 0 unspecified atom stereocenters. The van der Waals surface area contributed by atoms with Crippen LogP contribution in [-0.2, 0) is 16.6 Å². The van der Waals surface area contributed by atoms with Gasteiger partial charge in [-0.2, -0.15) is 0 Å². The molecule has 0 radical (unpaired) electrons. The molecule has 0 aliphatic rings. The largest absolute Gasteiger partial charge is 0.480 e. The summed E-state index contributed by atoms with van der Waals surface area (Å²) in [5.41, 5.74) is 3.90. The van der Waals surface area contributed by atoms with Crippen molar-refractivity contribution in [2.75, 3.05) is 7.11 Å². The van der Waals surface area contributed by atoms with Gasteiger partial charge in [-0.05, 0) is 29.3 Å². The van der Waals surface area contributed by atoms with Crippen molar-refractivity contribution < 1.29 is 13.2 Å². The van der Waals surface area contributed by atoms with E-state index in [1.54, 1.807) is 25.4 Å². The van der Waals surface area contributed by atoms with Gasteiger partial charge in [0, 0.05) is 24.3 Å². The molecule has 0 atom stereocenters. The third kappa shape index (κ3) is 3.37. The Balaban J connectivity index is 1.82. The highest BCUT2D eigenvalue weighted by Gasteiger charge is 2.16. The molecule has 2 heterocycles. The molecule has 0 fully saturated rings. The van der Waals surface area contributed by atoms with Crippen LogP contribution in [0.4, 0.5) is 0 Å². The van der Waals surface area contributed by atoms with Crippen molar-refractivity contribution in [1.82, 2.24) is 9.55 Å². The topological polar surface area (TPSA) is 87.2 Å². The summed E-state index contributed by atoms with van der Waals surface area (Å²) in [6, 6.07) is 18.6. The monoisotopic (exact) mass is 393 g/mol. The molecule has 2 N–H and O–H groups in total. The number of fused-ring (bicyclic) bond motifs is 1. The Morgan fingerprint density at radius 1 is 1.04 bits per heavy atom. The van der Waals surface area contributed by atoms with E-state index in [9.17, 15) is 8.42 Å². The van der Waals surface area contributed by atoms with E-state index in [2.05, 4.69) is 9.55 Å². The molecule has 0 saturated carbocycles. The molecule has 6 nitrogen and oxygen atoms in total. The minimum absolute atomic E-state index is 0.101. The number of methoxy groups -OCH3 is 1. The van der Waals surface area contributed by atoms with Gasteiger partial charge in [-0.15, -0.1) is 0 Å². The predicted octanol–water partition coefficient (Wildman–Crippen LogP) is 3.41. The molecule has 2 aromatic heterocycles. The van der Waals surface area contributed by atoms with E-state index >= 15 is 0 Å². The highest BCUT2D eigenvalue weighted by Crippen LogP contribution is 2.36. The van der Waals surface area contributed by atoms with Crippen molar-refractivity contribution in [2.24, 2.45) is 5.14 Å². The fraction of sp³-hybridized carbons (Fsp3) is 0.0952. The fourth-order valence-electron chi connectivity index (χ4n) is 3.31. The molecule has 0 saturated heterocycles. The number of sulfonamides is 1. The molecule has 7 heteroatoms. The Bertz CT molecular complexity index is 1230. The summed E-state index contributed by atoms with van der Waals surface area (Å²) in [5.74, 6) is 0.559. The lowest BCUT2D eigenvalue weighted by Crippen LogP contribution is -2.12. The minimum Gasteiger partial charge on any atom is -0.480 e. The fourth-order valence-corrected chi connectivity index (χ4v) is 3.82. The first kappa shape index (κ1) is 18.2. The number of pyridine rings is 1. The molecule has 142 valence electrons. The van der Waals surface area contributed by atoms with Crippen LogP contribution in [0.25, 0.3) is 22.0 Å². The lowest BCUT2D eigenvalue weighted by Gasteiger charge is -2.13. The van der Waals surface area contributed by atoms with Crippen molar-refractivity contribution in [2.45, 2.75) is 11.4 Å². The van der Waals surface area contributed by atoms with Gasteiger partial charge in [0.05, 0.1) is 23.1 Å². The van der Waals surface area contributed by atoms with Crippen LogP contribution in [0.3, 0.4) is 0 Å². The Labute approximate surface area is 163 Å². The molecule has 4 rings (SSSR count). The Hall–Kier alpha value is -3.16. The third-order valence-electron chi connectivity index (χ3n) is 4.63. The number of primary sulfonamides is 1. The number of hydrogen-bond acceptors (Lipinski definition) is 4. The van der Waals surface area contributed by atoms with Crippen LogP contribution in [0.15, 0.2) is 78.0 Å². The van der Waals surface area contributed by atoms with E-state index < -0.39 is 10.0 Å². The molecule has 0 aliphatic heterocycles. The molecule has 2 aromatic carbocycles. The number of nitrogens with zero attached hydrogens (tertiary/aromatic N) is 2. The van der Waals surface area contributed by atoms with E-state index in [1.807, 2.05) is 42.6 Å². The van der Waals surface area contributed by atoms with Crippen molar-refractivity contribution in [3.63, 3.8) is 0 Å². The summed E-state index contributed by atoms with van der Waals surface area (Å²) in [4.78, 5) is 4.55. The van der Waals surface area contributed by atoms with Gasteiger partial charge in [-0.3, -0.25) is 0 Å². The Morgan fingerprint density at radius 3 is 2.39 bits per heavy atom. The van der Waals surface area contributed by atoms with Crippen LogP contribution in [-0.4, -0.2) is 25.1 Å². The summed E-state index contributed by atoms with van der Waals surface area (Å²) >= 11 is 0. The summed E-state index contributed by atoms with van der Waals surface area (Å²) in [7, 11) is -2.09. The quantitative estimate of drug-likeness (QED) is 0.563. The lowest BCUT2D eigenvalue weighted by atomic mass is 10.0. The average Bonchev–Trinajstić information content (AvgIpc) is 3.10. The summed E-state index contributed by atoms with van der Waals surface area (Å²) in [6.07, 6.45) is 3.78. The predicted molar refractivity (Wildman–Crippen MR) is 109 cm³/mol. The first-order chi connectivity index (χ1) is 13.5. The zero-order chi connectivity index (χ0) is 19.7. The maximum absolute atomic E-state index is 11.5. The van der Waals surface area contributed by atoms with Crippen LogP contribution in [0.1, 0.15) is 5.56 Å². The van der Waals surface area contributed by atoms with Gasteiger partial charge in [0.15, 0.2) is 0 Å². The standard InChI is InChI=1S/C21H19N3O3S/c1-27-21-19(16-5-3-2-4-6-16)20-17(13-23-21)11-12-24(20)14-15-7-9-18(10-8-15)28(22,25)26/h2-13H,14H2,1H3,(H2,22,25,26). The molecule has 4 aromatic rings. The second-order valence-electron chi connectivity index (χ2n) is 6.45. The summed E-state index contributed by atoms with van der Waals surface area (Å²) < 4.78 is 30.6.